The molecule has 226 valence electrons. The molecule has 0 saturated carbocycles. The first-order chi connectivity index (χ1) is 19.6. The maximum Gasteiger partial charge on any atom is 0.329 e. The van der Waals surface area contributed by atoms with Crippen molar-refractivity contribution < 1.29 is 42.8 Å². The topological polar surface area (TPSA) is 132 Å². The average Bonchev–Trinajstić information content (AvgIpc) is 2.95. The molecule has 0 bridgehead atoms. The monoisotopic (exact) mass is 574 g/mol. The number of pyridine rings is 1. The Labute approximate surface area is 241 Å². The molecule has 11 heteroatoms. The van der Waals surface area contributed by atoms with E-state index in [0.29, 0.717) is 18.8 Å². The van der Waals surface area contributed by atoms with Gasteiger partial charge >= 0.3 is 11.9 Å². The van der Waals surface area contributed by atoms with Crippen LogP contribution in [0, 0.1) is 5.92 Å². The number of aromatic nitrogens is 1. The molecule has 2 aromatic rings. The molecule has 0 spiro atoms. The predicted octanol–water partition coefficient (Wildman–Crippen LogP) is 4.33. The molecule has 0 aliphatic carbocycles. The summed E-state index contributed by atoms with van der Waals surface area (Å²) in [6.45, 7) is 10.6. The highest BCUT2D eigenvalue weighted by Crippen LogP contribution is 2.30. The molecule has 1 aromatic carbocycles. The van der Waals surface area contributed by atoms with Gasteiger partial charge in [0.2, 0.25) is 6.79 Å². The van der Waals surface area contributed by atoms with E-state index in [1.807, 2.05) is 44.2 Å². The Morgan fingerprint density at radius 1 is 1.02 bits per heavy atom. The van der Waals surface area contributed by atoms with Gasteiger partial charge in [-0.25, -0.2) is 9.78 Å². The average molecular weight is 575 g/mol. The van der Waals surface area contributed by atoms with E-state index < -0.39 is 42.9 Å². The van der Waals surface area contributed by atoms with Crippen molar-refractivity contribution in [2.45, 2.75) is 78.7 Å². The number of benzene rings is 1. The first kappa shape index (κ1) is 33.3. The number of esters is 2. The molecule has 41 heavy (non-hydrogen) atoms. The molecule has 0 aliphatic rings. The van der Waals surface area contributed by atoms with Gasteiger partial charge in [0.15, 0.2) is 23.3 Å². The van der Waals surface area contributed by atoms with Crippen LogP contribution >= 0.6 is 0 Å². The maximum atomic E-state index is 13.4. The minimum Gasteiger partial charge on any atom is -0.493 e. The number of carbonyl (C=O) groups is 3. The summed E-state index contributed by atoms with van der Waals surface area (Å²) in [5, 5.41) is 2.70. The van der Waals surface area contributed by atoms with Gasteiger partial charge in [-0.15, -0.1) is 0 Å². The van der Waals surface area contributed by atoms with Crippen LogP contribution in [0.3, 0.4) is 0 Å². The van der Waals surface area contributed by atoms with Crippen LogP contribution in [-0.4, -0.2) is 67.7 Å². The van der Waals surface area contributed by atoms with Gasteiger partial charge in [0.1, 0.15) is 17.9 Å². The Bertz CT molecular complexity index is 1110. The number of ether oxygens (including phenoxy) is 6. The van der Waals surface area contributed by atoms with E-state index in [0.717, 1.165) is 6.42 Å². The van der Waals surface area contributed by atoms with Crippen LogP contribution in [0.5, 0.6) is 17.2 Å². The lowest BCUT2D eigenvalue weighted by Crippen LogP contribution is -2.50. The highest BCUT2D eigenvalue weighted by molar-refractivity contribution is 5.98. The van der Waals surface area contributed by atoms with Gasteiger partial charge in [0.25, 0.3) is 5.91 Å². The minimum atomic E-state index is -1.02. The summed E-state index contributed by atoms with van der Waals surface area (Å²) in [5.41, 5.74) is -0.146. The Morgan fingerprint density at radius 3 is 2.32 bits per heavy atom. The van der Waals surface area contributed by atoms with Crippen LogP contribution in [-0.2, 0) is 23.8 Å². The van der Waals surface area contributed by atoms with Crippen molar-refractivity contribution in [2.75, 3.05) is 20.5 Å². The van der Waals surface area contributed by atoms with Crippen LogP contribution in [0.4, 0.5) is 0 Å². The number of rotatable bonds is 17. The van der Waals surface area contributed by atoms with Crippen molar-refractivity contribution in [3.05, 3.63) is 48.3 Å². The molecule has 1 N–H and O–H groups in total. The van der Waals surface area contributed by atoms with Crippen molar-refractivity contribution in [1.82, 2.24) is 10.3 Å². The summed E-state index contributed by atoms with van der Waals surface area (Å²) in [4.78, 5) is 42.0. The Hall–Kier alpha value is -3.86. The first-order valence-corrected chi connectivity index (χ1v) is 13.8. The van der Waals surface area contributed by atoms with Crippen LogP contribution < -0.4 is 19.5 Å². The highest BCUT2D eigenvalue weighted by Gasteiger charge is 2.35. The SMILES string of the molecule is CCCO[C@@H](CC)[C@@H](Oc1ccccc1)[C@H](C)OC(=O)[C@@H](NC(=O)c1nccc(OC)c1OCOC(C)=O)C(C)C. The summed E-state index contributed by atoms with van der Waals surface area (Å²) >= 11 is 0. The van der Waals surface area contributed by atoms with Crippen LogP contribution in [0.2, 0.25) is 0 Å². The number of methoxy groups -OCH3 is 1. The van der Waals surface area contributed by atoms with Crippen molar-refractivity contribution in [3.8, 4) is 17.2 Å². The molecule has 11 nitrogen and oxygen atoms in total. The normalized spacial score (nSPS) is 13.9. The van der Waals surface area contributed by atoms with Crippen molar-refractivity contribution in [2.24, 2.45) is 5.92 Å². The molecular weight excluding hydrogens is 532 g/mol. The third-order valence-corrected chi connectivity index (χ3v) is 6.06. The molecule has 1 heterocycles. The molecular formula is C30H42N2O9. The van der Waals surface area contributed by atoms with E-state index in [4.69, 9.17) is 28.4 Å². The molecule has 0 saturated heterocycles. The van der Waals surface area contributed by atoms with E-state index in [9.17, 15) is 14.4 Å². The molecule has 2 rings (SSSR count). The van der Waals surface area contributed by atoms with Crippen molar-refractivity contribution >= 4 is 17.8 Å². The van der Waals surface area contributed by atoms with E-state index >= 15 is 0 Å². The van der Waals surface area contributed by atoms with E-state index in [1.54, 1.807) is 20.8 Å². The number of nitrogens with one attached hydrogen (secondary N) is 1. The van der Waals surface area contributed by atoms with Crippen molar-refractivity contribution in [3.63, 3.8) is 0 Å². The molecule has 0 unspecified atom stereocenters. The highest BCUT2D eigenvalue weighted by atomic mass is 16.7. The molecule has 1 amide bonds. The van der Waals surface area contributed by atoms with E-state index in [2.05, 4.69) is 10.3 Å². The Morgan fingerprint density at radius 2 is 1.73 bits per heavy atom. The fraction of sp³-hybridized carbons (Fsp3) is 0.533. The number of para-hydroxylation sites is 1. The van der Waals surface area contributed by atoms with Gasteiger partial charge in [-0.05, 0) is 37.8 Å². The zero-order valence-electron chi connectivity index (χ0n) is 24.9. The fourth-order valence-corrected chi connectivity index (χ4v) is 3.94. The van der Waals surface area contributed by atoms with E-state index in [-0.39, 0.29) is 29.2 Å². The van der Waals surface area contributed by atoms with Crippen LogP contribution in [0.25, 0.3) is 0 Å². The van der Waals surface area contributed by atoms with Gasteiger partial charge in [0, 0.05) is 25.8 Å². The molecule has 1 aromatic heterocycles. The number of hydrogen-bond donors (Lipinski definition) is 1. The fourth-order valence-electron chi connectivity index (χ4n) is 3.94. The quantitative estimate of drug-likeness (QED) is 0.215. The van der Waals surface area contributed by atoms with Gasteiger partial charge in [0.05, 0.1) is 13.2 Å². The number of amides is 1. The third-order valence-electron chi connectivity index (χ3n) is 6.06. The van der Waals surface area contributed by atoms with Gasteiger partial charge in [-0.3, -0.25) is 9.59 Å². The molecule has 4 atom stereocenters. The first-order valence-electron chi connectivity index (χ1n) is 13.8. The second-order valence-electron chi connectivity index (χ2n) is 9.64. The summed E-state index contributed by atoms with van der Waals surface area (Å²) in [7, 11) is 1.40. The maximum absolute atomic E-state index is 13.4. The summed E-state index contributed by atoms with van der Waals surface area (Å²) in [6.07, 6.45) is 1.20. The van der Waals surface area contributed by atoms with Gasteiger partial charge in [-0.2, -0.15) is 0 Å². The predicted molar refractivity (Wildman–Crippen MR) is 151 cm³/mol. The summed E-state index contributed by atoms with van der Waals surface area (Å²) in [6, 6.07) is 9.73. The zero-order chi connectivity index (χ0) is 30.4. The largest absolute Gasteiger partial charge is 0.493 e. The molecule has 0 aliphatic heterocycles. The lowest BCUT2D eigenvalue weighted by molar-refractivity contribution is -0.162. The second kappa shape index (κ2) is 17.1. The number of hydrogen-bond acceptors (Lipinski definition) is 10. The zero-order valence-corrected chi connectivity index (χ0v) is 24.9. The second-order valence-corrected chi connectivity index (χ2v) is 9.64. The molecule has 0 radical (unpaired) electrons. The van der Waals surface area contributed by atoms with Crippen LogP contribution in [0.1, 0.15) is 64.9 Å². The Balaban J connectivity index is 2.24. The lowest BCUT2D eigenvalue weighted by atomic mass is 10.0. The number of carbonyl (C=O) groups excluding carboxylic acids is 3. The van der Waals surface area contributed by atoms with Gasteiger partial charge in [-0.1, -0.05) is 45.9 Å². The van der Waals surface area contributed by atoms with Crippen LogP contribution in [0.15, 0.2) is 42.6 Å². The Kier molecular flexibility index (Phi) is 13.9. The number of nitrogens with zero attached hydrogens (tertiary/aromatic N) is 1. The lowest BCUT2D eigenvalue weighted by Gasteiger charge is -2.32. The minimum absolute atomic E-state index is 0.0341. The van der Waals surface area contributed by atoms with Crippen molar-refractivity contribution in [1.29, 1.82) is 0 Å². The summed E-state index contributed by atoms with van der Waals surface area (Å²) < 4.78 is 33.8. The van der Waals surface area contributed by atoms with Gasteiger partial charge < -0.3 is 33.7 Å². The smallest absolute Gasteiger partial charge is 0.329 e. The standard InChI is InChI=1S/C30H42N2O9/c1-8-17-37-23(9-2)27(41-22-13-11-10-12-14-22)20(5)40-30(35)25(19(3)4)32-29(34)26-28(39-18-38-21(6)33)24(36-7)15-16-31-26/h10-16,19-20,23,25,27H,8-9,17-18H2,1-7H3,(H,32,34)/t20-,23-,25-,27-/m0/s1. The molecule has 0 fully saturated rings. The third kappa shape index (κ3) is 10.2. The van der Waals surface area contributed by atoms with E-state index in [1.165, 1.54) is 26.3 Å². The summed E-state index contributed by atoms with van der Waals surface area (Å²) in [5.74, 6) is -1.44.